The van der Waals surface area contributed by atoms with E-state index in [9.17, 15) is 0 Å². The molecule has 1 rings (SSSR count). The van der Waals surface area contributed by atoms with Crippen molar-refractivity contribution in [3.8, 4) is 0 Å². The second kappa shape index (κ2) is 6.47. The number of rotatable bonds is 1. The van der Waals surface area contributed by atoms with Gasteiger partial charge in [0.05, 0.1) is 0 Å². The molecular formula is C13H23N. The average molecular weight is 193 g/mol. The van der Waals surface area contributed by atoms with Crippen molar-refractivity contribution in [1.82, 2.24) is 0 Å². The molecule has 0 heterocycles. The molecule has 80 valence electrons. The van der Waals surface area contributed by atoms with Crippen molar-refractivity contribution in [2.24, 2.45) is 5.92 Å². The lowest BCUT2D eigenvalue weighted by Crippen LogP contribution is -1.88. The smallest absolute Gasteiger partial charge is 0.0314 e. The number of nitrogen functional groups attached to an aromatic ring is 1. The van der Waals surface area contributed by atoms with E-state index in [2.05, 4.69) is 46.8 Å². The van der Waals surface area contributed by atoms with Gasteiger partial charge in [-0.2, -0.15) is 0 Å². The van der Waals surface area contributed by atoms with Gasteiger partial charge in [0.1, 0.15) is 0 Å². The van der Waals surface area contributed by atoms with Crippen LogP contribution in [0.2, 0.25) is 0 Å². The lowest BCUT2D eigenvalue weighted by atomic mass is 10.0. The van der Waals surface area contributed by atoms with Gasteiger partial charge in [0.2, 0.25) is 0 Å². The summed E-state index contributed by atoms with van der Waals surface area (Å²) in [7, 11) is 0. The molecule has 0 aromatic heterocycles. The van der Waals surface area contributed by atoms with Gasteiger partial charge in [-0.3, -0.25) is 0 Å². The van der Waals surface area contributed by atoms with E-state index < -0.39 is 0 Å². The maximum Gasteiger partial charge on any atom is 0.0314 e. The Morgan fingerprint density at radius 1 is 0.857 bits per heavy atom. The molecule has 0 amide bonds. The SMILES string of the molecule is CC(C)C.CC(C)c1ccc(N)cc1. The molecule has 0 saturated carbocycles. The average Bonchev–Trinajstić information content (AvgIpc) is 2.03. The Balaban J connectivity index is 0.000000364. The molecule has 0 unspecified atom stereocenters. The maximum atomic E-state index is 5.53. The zero-order valence-electron chi connectivity index (χ0n) is 10.0. The molecule has 0 aliphatic carbocycles. The number of anilines is 1. The normalized spacial score (nSPS) is 9.93. The topological polar surface area (TPSA) is 26.0 Å². The number of hydrogen-bond acceptors (Lipinski definition) is 1. The van der Waals surface area contributed by atoms with Crippen LogP contribution < -0.4 is 5.73 Å². The molecule has 1 aromatic carbocycles. The number of benzene rings is 1. The van der Waals surface area contributed by atoms with Crippen LogP contribution in [0.25, 0.3) is 0 Å². The maximum absolute atomic E-state index is 5.53. The molecule has 0 saturated heterocycles. The van der Waals surface area contributed by atoms with Gasteiger partial charge in [0.25, 0.3) is 0 Å². The summed E-state index contributed by atoms with van der Waals surface area (Å²) in [5.41, 5.74) is 7.71. The zero-order valence-corrected chi connectivity index (χ0v) is 10.0. The minimum absolute atomic E-state index is 0.598. The van der Waals surface area contributed by atoms with Crippen LogP contribution in [0.15, 0.2) is 24.3 Å². The van der Waals surface area contributed by atoms with Crippen molar-refractivity contribution in [2.75, 3.05) is 5.73 Å². The summed E-state index contributed by atoms with van der Waals surface area (Å²) in [6.45, 7) is 10.8. The molecular weight excluding hydrogens is 170 g/mol. The van der Waals surface area contributed by atoms with Crippen LogP contribution in [0.1, 0.15) is 46.1 Å². The van der Waals surface area contributed by atoms with Crippen LogP contribution in [-0.4, -0.2) is 0 Å². The summed E-state index contributed by atoms with van der Waals surface area (Å²) < 4.78 is 0. The van der Waals surface area contributed by atoms with Crippen LogP contribution in [0.5, 0.6) is 0 Å². The summed E-state index contributed by atoms with van der Waals surface area (Å²) in [5.74, 6) is 1.43. The Labute approximate surface area is 88.3 Å². The summed E-state index contributed by atoms with van der Waals surface area (Å²) in [6.07, 6.45) is 0. The Morgan fingerprint density at radius 3 is 1.50 bits per heavy atom. The minimum atomic E-state index is 0.598. The zero-order chi connectivity index (χ0) is 11.1. The highest BCUT2D eigenvalue weighted by atomic mass is 14.5. The largest absolute Gasteiger partial charge is 0.399 e. The molecule has 1 aromatic rings. The van der Waals surface area contributed by atoms with Crippen molar-refractivity contribution >= 4 is 5.69 Å². The monoisotopic (exact) mass is 193 g/mol. The second-order valence-electron chi connectivity index (χ2n) is 4.55. The molecule has 0 radical (unpaired) electrons. The first-order valence-corrected chi connectivity index (χ1v) is 5.29. The highest BCUT2D eigenvalue weighted by Crippen LogP contribution is 2.14. The fourth-order valence-electron chi connectivity index (χ4n) is 0.881. The van der Waals surface area contributed by atoms with Crippen LogP contribution in [0.4, 0.5) is 5.69 Å². The third kappa shape index (κ3) is 6.53. The van der Waals surface area contributed by atoms with E-state index in [4.69, 9.17) is 5.73 Å². The first kappa shape index (κ1) is 13.0. The van der Waals surface area contributed by atoms with Crippen molar-refractivity contribution in [3.63, 3.8) is 0 Å². The third-order valence-corrected chi connectivity index (χ3v) is 1.60. The molecule has 2 N–H and O–H groups in total. The number of nitrogens with two attached hydrogens (primary N) is 1. The van der Waals surface area contributed by atoms with Gasteiger partial charge in [-0.25, -0.2) is 0 Å². The van der Waals surface area contributed by atoms with E-state index in [-0.39, 0.29) is 0 Å². The van der Waals surface area contributed by atoms with Gasteiger partial charge in [-0.05, 0) is 29.5 Å². The summed E-state index contributed by atoms with van der Waals surface area (Å²) in [6, 6.07) is 8.02. The fraction of sp³-hybridized carbons (Fsp3) is 0.538. The van der Waals surface area contributed by atoms with Crippen molar-refractivity contribution < 1.29 is 0 Å². The molecule has 0 spiro atoms. The van der Waals surface area contributed by atoms with Gasteiger partial charge in [-0.1, -0.05) is 46.8 Å². The van der Waals surface area contributed by atoms with E-state index in [0.29, 0.717) is 5.92 Å². The highest BCUT2D eigenvalue weighted by molar-refractivity contribution is 5.39. The van der Waals surface area contributed by atoms with E-state index >= 15 is 0 Å². The Kier molecular flexibility index (Phi) is 6.02. The van der Waals surface area contributed by atoms with Gasteiger partial charge < -0.3 is 5.73 Å². The molecule has 0 atom stereocenters. The van der Waals surface area contributed by atoms with Gasteiger partial charge in [0.15, 0.2) is 0 Å². The van der Waals surface area contributed by atoms with E-state index in [0.717, 1.165) is 11.6 Å². The third-order valence-electron chi connectivity index (χ3n) is 1.60. The molecule has 0 bridgehead atoms. The molecule has 14 heavy (non-hydrogen) atoms. The van der Waals surface area contributed by atoms with Gasteiger partial charge in [-0.15, -0.1) is 0 Å². The van der Waals surface area contributed by atoms with Gasteiger partial charge in [0, 0.05) is 5.69 Å². The van der Waals surface area contributed by atoms with Crippen molar-refractivity contribution in [2.45, 2.75) is 40.5 Å². The van der Waals surface area contributed by atoms with Crippen LogP contribution in [0.3, 0.4) is 0 Å². The first-order chi connectivity index (χ1) is 6.43. The Morgan fingerprint density at radius 2 is 1.21 bits per heavy atom. The van der Waals surface area contributed by atoms with Crippen molar-refractivity contribution in [1.29, 1.82) is 0 Å². The van der Waals surface area contributed by atoms with E-state index in [1.165, 1.54) is 5.56 Å². The first-order valence-electron chi connectivity index (χ1n) is 5.29. The molecule has 0 fully saturated rings. The highest BCUT2D eigenvalue weighted by Gasteiger charge is 1.95. The lowest BCUT2D eigenvalue weighted by molar-refractivity contribution is 0.737. The predicted octanol–water partition coefficient (Wildman–Crippen LogP) is 4.05. The van der Waals surface area contributed by atoms with Crippen LogP contribution in [-0.2, 0) is 0 Å². The molecule has 0 aliphatic rings. The second-order valence-corrected chi connectivity index (χ2v) is 4.55. The van der Waals surface area contributed by atoms with Crippen LogP contribution in [0, 0.1) is 5.92 Å². The molecule has 0 aliphatic heterocycles. The van der Waals surface area contributed by atoms with E-state index in [1.54, 1.807) is 0 Å². The Hall–Kier alpha value is -0.980. The van der Waals surface area contributed by atoms with Crippen LogP contribution >= 0.6 is 0 Å². The summed E-state index contributed by atoms with van der Waals surface area (Å²) in [5, 5.41) is 0. The quantitative estimate of drug-likeness (QED) is 0.669. The molecule has 1 nitrogen and oxygen atoms in total. The summed E-state index contributed by atoms with van der Waals surface area (Å²) >= 11 is 0. The number of hydrogen-bond donors (Lipinski definition) is 1. The van der Waals surface area contributed by atoms with E-state index in [1.807, 2.05) is 12.1 Å². The van der Waals surface area contributed by atoms with Gasteiger partial charge >= 0.3 is 0 Å². The lowest BCUT2D eigenvalue weighted by Gasteiger charge is -2.03. The van der Waals surface area contributed by atoms with Crippen molar-refractivity contribution in [3.05, 3.63) is 29.8 Å². The Bertz CT molecular complexity index is 231. The molecule has 1 heteroatoms. The standard InChI is InChI=1S/C9H13N.C4H10/c1-7(2)8-3-5-9(10)6-4-8;1-4(2)3/h3-7H,10H2,1-2H3;4H,1-3H3. The minimum Gasteiger partial charge on any atom is -0.399 e. The summed E-state index contributed by atoms with van der Waals surface area (Å²) in [4.78, 5) is 0. The fourth-order valence-corrected chi connectivity index (χ4v) is 0.881. The predicted molar refractivity (Wildman–Crippen MR) is 65.5 cm³/mol.